The van der Waals surface area contributed by atoms with Crippen LogP contribution in [-0.2, 0) is 6.42 Å². The molecule has 0 saturated heterocycles. The molecule has 0 aromatic heterocycles. The van der Waals surface area contributed by atoms with Crippen molar-refractivity contribution < 1.29 is 4.39 Å². The standard InChI is InChI=1S/C29H45F/c1-2-3-4-5-6-7-24-8-10-25(11-9-24)12-13-26-14-16-27(17-15-26)18-19-28-20-22-29(30)23-21-28/h12-13,20-27H,2-11,14-19H2,1H3. The van der Waals surface area contributed by atoms with Crippen molar-refractivity contribution in [1.82, 2.24) is 0 Å². The topological polar surface area (TPSA) is 0 Å². The molecule has 168 valence electrons. The van der Waals surface area contributed by atoms with Gasteiger partial charge in [0.05, 0.1) is 0 Å². The monoisotopic (exact) mass is 412 g/mol. The van der Waals surface area contributed by atoms with E-state index in [1.807, 2.05) is 12.1 Å². The maximum absolute atomic E-state index is 13.0. The lowest BCUT2D eigenvalue weighted by atomic mass is 9.77. The first-order chi connectivity index (χ1) is 14.7. The Morgan fingerprint density at radius 2 is 1.23 bits per heavy atom. The van der Waals surface area contributed by atoms with Crippen molar-refractivity contribution in [3.63, 3.8) is 0 Å². The molecule has 30 heavy (non-hydrogen) atoms. The number of benzene rings is 1. The number of halogens is 1. The number of aryl methyl sites for hydroxylation is 1. The first-order valence-corrected chi connectivity index (χ1v) is 13.2. The normalized spacial score (nSPS) is 27.5. The smallest absolute Gasteiger partial charge is 0.123 e. The Morgan fingerprint density at radius 3 is 1.80 bits per heavy atom. The molecule has 2 aliphatic rings. The second-order valence-electron chi connectivity index (χ2n) is 10.3. The summed E-state index contributed by atoms with van der Waals surface area (Å²) in [6.45, 7) is 2.30. The van der Waals surface area contributed by atoms with Crippen LogP contribution in [0.3, 0.4) is 0 Å². The van der Waals surface area contributed by atoms with Crippen LogP contribution in [0.2, 0.25) is 0 Å². The van der Waals surface area contributed by atoms with Crippen molar-refractivity contribution in [1.29, 1.82) is 0 Å². The lowest BCUT2D eigenvalue weighted by molar-refractivity contribution is 0.282. The Labute approximate surface area is 185 Å². The summed E-state index contributed by atoms with van der Waals surface area (Å²) in [6.07, 6.45) is 27.5. The molecule has 0 unspecified atom stereocenters. The average Bonchev–Trinajstić information content (AvgIpc) is 2.79. The van der Waals surface area contributed by atoms with Crippen LogP contribution < -0.4 is 0 Å². The summed E-state index contributed by atoms with van der Waals surface area (Å²) in [7, 11) is 0. The maximum atomic E-state index is 13.0. The quantitative estimate of drug-likeness (QED) is 0.251. The Bertz CT molecular complexity index is 585. The van der Waals surface area contributed by atoms with Crippen molar-refractivity contribution in [3.05, 3.63) is 47.8 Å². The van der Waals surface area contributed by atoms with Crippen LogP contribution in [0, 0.1) is 29.5 Å². The van der Waals surface area contributed by atoms with Crippen molar-refractivity contribution in [2.24, 2.45) is 23.7 Å². The van der Waals surface area contributed by atoms with Gasteiger partial charge in [0.1, 0.15) is 5.82 Å². The van der Waals surface area contributed by atoms with Gasteiger partial charge < -0.3 is 0 Å². The van der Waals surface area contributed by atoms with E-state index in [-0.39, 0.29) is 5.82 Å². The van der Waals surface area contributed by atoms with Gasteiger partial charge >= 0.3 is 0 Å². The van der Waals surface area contributed by atoms with E-state index in [0.717, 1.165) is 30.1 Å². The number of hydrogen-bond donors (Lipinski definition) is 0. The summed E-state index contributed by atoms with van der Waals surface area (Å²) in [5, 5.41) is 0. The second kappa shape index (κ2) is 13.3. The molecule has 0 nitrogen and oxygen atoms in total. The van der Waals surface area contributed by atoms with Gasteiger partial charge in [-0.1, -0.05) is 69.7 Å². The summed E-state index contributed by atoms with van der Waals surface area (Å²) in [6, 6.07) is 7.09. The molecule has 0 atom stereocenters. The number of rotatable bonds is 11. The van der Waals surface area contributed by atoms with Crippen molar-refractivity contribution >= 4 is 0 Å². The van der Waals surface area contributed by atoms with Crippen molar-refractivity contribution in [2.75, 3.05) is 0 Å². The third kappa shape index (κ3) is 8.56. The minimum Gasteiger partial charge on any atom is -0.207 e. The minimum absolute atomic E-state index is 0.123. The fourth-order valence-electron chi connectivity index (χ4n) is 5.71. The van der Waals surface area contributed by atoms with Gasteiger partial charge in [-0.2, -0.15) is 0 Å². The van der Waals surface area contributed by atoms with Crippen molar-refractivity contribution in [2.45, 2.75) is 110 Å². The van der Waals surface area contributed by atoms with Gasteiger partial charge in [0.25, 0.3) is 0 Å². The first kappa shape index (κ1) is 23.6. The van der Waals surface area contributed by atoms with Crippen LogP contribution in [0.4, 0.5) is 4.39 Å². The van der Waals surface area contributed by atoms with E-state index in [9.17, 15) is 4.39 Å². The molecule has 0 radical (unpaired) electrons. The summed E-state index contributed by atoms with van der Waals surface area (Å²) in [5.41, 5.74) is 1.29. The van der Waals surface area contributed by atoms with Crippen LogP contribution in [0.25, 0.3) is 0 Å². The molecule has 0 heterocycles. The highest BCUT2D eigenvalue weighted by molar-refractivity contribution is 5.16. The van der Waals surface area contributed by atoms with Gasteiger partial charge in [0, 0.05) is 0 Å². The van der Waals surface area contributed by atoms with Crippen molar-refractivity contribution in [3.8, 4) is 0 Å². The Hall–Kier alpha value is -1.11. The van der Waals surface area contributed by atoms with Gasteiger partial charge in [0.2, 0.25) is 0 Å². The van der Waals surface area contributed by atoms with E-state index in [2.05, 4.69) is 19.1 Å². The van der Waals surface area contributed by atoms with E-state index in [1.54, 1.807) is 12.1 Å². The Kier molecular flexibility index (Phi) is 10.5. The SMILES string of the molecule is CCCCCCCC1CCC(C=CC2CCC(CCc3ccc(F)cc3)CC2)CC1. The minimum atomic E-state index is -0.123. The molecule has 0 amide bonds. The van der Waals surface area contributed by atoms with Gasteiger partial charge in [-0.25, -0.2) is 4.39 Å². The van der Waals surface area contributed by atoms with E-state index in [4.69, 9.17) is 0 Å². The summed E-state index contributed by atoms with van der Waals surface area (Å²) in [5.74, 6) is 3.45. The Morgan fingerprint density at radius 1 is 0.700 bits per heavy atom. The maximum Gasteiger partial charge on any atom is 0.123 e. The molecular weight excluding hydrogens is 367 g/mol. The van der Waals surface area contributed by atoms with Crippen LogP contribution in [0.15, 0.2) is 36.4 Å². The molecule has 0 bridgehead atoms. The van der Waals surface area contributed by atoms with Crippen LogP contribution >= 0.6 is 0 Å². The highest BCUT2D eigenvalue weighted by Gasteiger charge is 2.22. The zero-order valence-electron chi connectivity index (χ0n) is 19.5. The summed E-state index contributed by atoms with van der Waals surface area (Å²) >= 11 is 0. The van der Waals surface area contributed by atoms with E-state index in [0.29, 0.717) is 0 Å². The predicted molar refractivity (Wildman–Crippen MR) is 128 cm³/mol. The van der Waals surface area contributed by atoms with E-state index in [1.165, 1.54) is 102 Å². The zero-order valence-corrected chi connectivity index (χ0v) is 19.5. The zero-order chi connectivity index (χ0) is 21.0. The largest absolute Gasteiger partial charge is 0.207 e. The second-order valence-corrected chi connectivity index (χ2v) is 10.3. The third-order valence-corrected chi connectivity index (χ3v) is 7.91. The highest BCUT2D eigenvalue weighted by atomic mass is 19.1. The van der Waals surface area contributed by atoms with E-state index >= 15 is 0 Å². The molecule has 2 fully saturated rings. The van der Waals surface area contributed by atoms with Gasteiger partial charge in [0.15, 0.2) is 0 Å². The number of hydrogen-bond acceptors (Lipinski definition) is 0. The predicted octanol–water partition coefficient (Wildman–Crippen LogP) is 9.29. The van der Waals surface area contributed by atoms with Gasteiger partial charge in [-0.15, -0.1) is 0 Å². The lowest BCUT2D eigenvalue weighted by Crippen LogP contribution is -2.15. The molecule has 0 N–H and O–H groups in total. The molecule has 2 aliphatic carbocycles. The van der Waals surface area contributed by atoms with E-state index < -0.39 is 0 Å². The molecule has 1 heteroatoms. The summed E-state index contributed by atoms with van der Waals surface area (Å²) in [4.78, 5) is 0. The fraction of sp³-hybridized carbons (Fsp3) is 0.724. The average molecular weight is 413 g/mol. The van der Waals surface area contributed by atoms with Crippen LogP contribution in [0.1, 0.15) is 109 Å². The van der Waals surface area contributed by atoms with Crippen LogP contribution in [0.5, 0.6) is 0 Å². The van der Waals surface area contributed by atoms with Gasteiger partial charge in [-0.05, 0) is 106 Å². The molecule has 1 aromatic rings. The fourth-order valence-corrected chi connectivity index (χ4v) is 5.71. The first-order valence-electron chi connectivity index (χ1n) is 13.2. The molecule has 1 aromatic carbocycles. The molecular formula is C29H45F. The molecule has 2 saturated carbocycles. The lowest BCUT2D eigenvalue weighted by Gasteiger charge is -2.29. The molecule has 0 spiro atoms. The molecule has 3 rings (SSSR count). The highest BCUT2D eigenvalue weighted by Crippen LogP contribution is 2.35. The summed E-state index contributed by atoms with van der Waals surface area (Å²) < 4.78 is 13.0. The van der Waals surface area contributed by atoms with Crippen LogP contribution in [-0.4, -0.2) is 0 Å². The van der Waals surface area contributed by atoms with Gasteiger partial charge in [-0.3, -0.25) is 0 Å². The number of unbranched alkanes of at least 4 members (excludes halogenated alkanes) is 4. The Balaban J connectivity index is 1.26. The third-order valence-electron chi connectivity index (χ3n) is 7.91. The number of allylic oxidation sites excluding steroid dienone is 2. The molecule has 0 aliphatic heterocycles.